The summed E-state index contributed by atoms with van der Waals surface area (Å²) in [5, 5.41) is 13.1. The molecule has 1 amide bonds. The minimum absolute atomic E-state index is 0.0750. The van der Waals surface area contributed by atoms with E-state index in [0.29, 0.717) is 17.0 Å². The van der Waals surface area contributed by atoms with Crippen molar-refractivity contribution in [3.05, 3.63) is 52.9 Å². The summed E-state index contributed by atoms with van der Waals surface area (Å²) in [4.78, 5) is 25.4. The van der Waals surface area contributed by atoms with Gasteiger partial charge in [-0.25, -0.2) is 4.79 Å². The molecule has 0 saturated carbocycles. The molecule has 1 aromatic heterocycles. The number of carboxylic acid groups (broad SMARTS) is 1. The molecule has 6 heteroatoms. The van der Waals surface area contributed by atoms with Crippen LogP contribution in [0, 0.1) is 13.8 Å². The zero-order valence-corrected chi connectivity index (χ0v) is 13.4. The van der Waals surface area contributed by atoms with E-state index in [0.717, 1.165) is 5.56 Å². The van der Waals surface area contributed by atoms with Gasteiger partial charge in [0.15, 0.2) is 0 Å². The number of nitrogens with zero attached hydrogens (tertiary/aromatic N) is 2. The number of hydrogen-bond acceptors (Lipinski definition) is 4. The zero-order chi connectivity index (χ0) is 17.0. The van der Waals surface area contributed by atoms with E-state index in [1.165, 1.54) is 11.8 Å². The average molecular weight is 316 g/mol. The van der Waals surface area contributed by atoms with E-state index < -0.39 is 12.0 Å². The highest BCUT2D eigenvalue weighted by Gasteiger charge is 2.27. The normalized spacial score (nSPS) is 12.0. The highest BCUT2D eigenvalue weighted by Crippen LogP contribution is 2.17. The summed E-state index contributed by atoms with van der Waals surface area (Å²) in [5.41, 5.74) is 2.25. The third-order valence-electron chi connectivity index (χ3n) is 3.85. The van der Waals surface area contributed by atoms with E-state index in [-0.39, 0.29) is 18.9 Å². The van der Waals surface area contributed by atoms with Gasteiger partial charge in [-0.05, 0) is 26.3 Å². The van der Waals surface area contributed by atoms with Crippen LogP contribution in [0.2, 0.25) is 0 Å². The van der Waals surface area contributed by atoms with Crippen LogP contribution in [0.4, 0.5) is 0 Å². The second-order valence-corrected chi connectivity index (χ2v) is 5.50. The second-order valence-electron chi connectivity index (χ2n) is 5.50. The summed E-state index contributed by atoms with van der Waals surface area (Å²) < 4.78 is 5.07. The Morgan fingerprint density at radius 3 is 2.43 bits per heavy atom. The topological polar surface area (TPSA) is 83.6 Å². The highest BCUT2D eigenvalue weighted by molar-refractivity contribution is 5.85. The van der Waals surface area contributed by atoms with Crippen LogP contribution in [0.3, 0.4) is 0 Å². The molecule has 1 aromatic carbocycles. The van der Waals surface area contributed by atoms with Crippen LogP contribution in [0.1, 0.15) is 29.5 Å². The Balaban J connectivity index is 2.22. The first kappa shape index (κ1) is 16.7. The maximum Gasteiger partial charge on any atom is 0.326 e. The fourth-order valence-electron chi connectivity index (χ4n) is 2.36. The first-order valence-corrected chi connectivity index (χ1v) is 7.38. The predicted molar refractivity (Wildman–Crippen MR) is 83.8 cm³/mol. The third kappa shape index (κ3) is 3.97. The van der Waals surface area contributed by atoms with Crippen molar-refractivity contribution in [2.45, 2.75) is 39.8 Å². The number of aromatic nitrogens is 1. The van der Waals surface area contributed by atoms with Gasteiger partial charge in [0.1, 0.15) is 11.8 Å². The molecule has 1 heterocycles. The van der Waals surface area contributed by atoms with Gasteiger partial charge in [0, 0.05) is 12.1 Å². The van der Waals surface area contributed by atoms with Gasteiger partial charge in [-0.1, -0.05) is 35.5 Å². The van der Waals surface area contributed by atoms with Crippen molar-refractivity contribution in [1.29, 1.82) is 0 Å². The molecule has 0 aliphatic rings. The Morgan fingerprint density at radius 1 is 1.26 bits per heavy atom. The molecule has 6 nitrogen and oxygen atoms in total. The largest absolute Gasteiger partial charge is 0.480 e. The van der Waals surface area contributed by atoms with Gasteiger partial charge in [0.05, 0.1) is 12.1 Å². The van der Waals surface area contributed by atoms with E-state index >= 15 is 0 Å². The summed E-state index contributed by atoms with van der Waals surface area (Å²) in [6.45, 7) is 5.26. The van der Waals surface area contributed by atoms with Crippen molar-refractivity contribution in [2.75, 3.05) is 0 Å². The molecule has 122 valence electrons. The third-order valence-corrected chi connectivity index (χ3v) is 3.85. The number of amides is 1. The van der Waals surface area contributed by atoms with E-state index in [4.69, 9.17) is 4.52 Å². The van der Waals surface area contributed by atoms with Crippen LogP contribution < -0.4 is 0 Å². The second kappa shape index (κ2) is 7.09. The molecule has 0 fully saturated rings. The van der Waals surface area contributed by atoms with E-state index in [1.807, 2.05) is 30.3 Å². The van der Waals surface area contributed by atoms with Crippen molar-refractivity contribution in [1.82, 2.24) is 10.1 Å². The number of benzene rings is 1. The minimum atomic E-state index is -1.03. The SMILES string of the molecule is Cc1noc(C)c1CC(=O)N(Cc1ccccc1)C(C)C(=O)O. The maximum absolute atomic E-state index is 12.7. The zero-order valence-electron chi connectivity index (χ0n) is 13.4. The summed E-state index contributed by atoms with van der Waals surface area (Å²) in [6, 6.07) is 8.41. The smallest absolute Gasteiger partial charge is 0.326 e. The Kier molecular flexibility index (Phi) is 5.16. The van der Waals surface area contributed by atoms with Gasteiger partial charge in [-0.3, -0.25) is 4.79 Å². The molecule has 0 spiro atoms. The molecule has 1 unspecified atom stereocenters. The molecular formula is C17H20N2O4. The first-order chi connectivity index (χ1) is 10.9. The summed E-state index contributed by atoms with van der Waals surface area (Å²) in [5.74, 6) is -0.718. The Hall–Kier alpha value is -2.63. The Bertz CT molecular complexity index is 674. The number of rotatable bonds is 6. The summed E-state index contributed by atoms with van der Waals surface area (Å²) in [6.07, 6.45) is 0.0750. The lowest BCUT2D eigenvalue weighted by Gasteiger charge is -2.26. The summed E-state index contributed by atoms with van der Waals surface area (Å²) in [7, 11) is 0. The van der Waals surface area contributed by atoms with Crippen molar-refractivity contribution >= 4 is 11.9 Å². The lowest BCUT2D eigenvalue weighted by atomic mass is 10.1. The Labute approximate surface area is 134 Å². The standard InChI is InChI=1S/C17H20N2O4/c1-11-15(13(3)23-18-11)9-16(20)19(12(2)17(21)22)10-14-7-5-4-6-8-14/h4-8,12H,9-10H2,1-3H3,(H,21,22). The number of carbonyl (C=O) groups excluding carboxylic acids is 1. The molecule has 0 aliphatic heterocycles. The van der Waals surface area contributed by atoms with Crippen molar-refractivity contribution in [2.24, 2.45) is 0 Å². The lowest BCUT2D eigenvalue weighted by Crippen LogP contribution is -2.43. The fourth-order valence-corrected chi connectivity index (χ4v) is 2.36. The van der Waals surface area contributed by atoms with Crippen LogP contribution in [-0.2, 0) is 22.6 Å². The van der Waals surface area contributed by atoms with Gasteiger partial charge in [-0.2, -0.15) is 0 Å². The van der Waals surface area contributed by atoms with Crippen LogP contribution in [0.5, 0.6) is 0 Å². The average Bonchev–Trinajstić information content (AvgIpc) is 2.84. The van der Waals surface area contributed by atoms with Gasteiger partial charge < -0.3 is 14.5 Å². The van der Waals surface area contributed by atoms with E-state index in [1.54, 1.807) is 13.8 Å². The van der Waals surface area contributed by atoms with Crippen LogP contribution in [0.15, 0.2) is 34.9 Å². The molecule has 23 heavy (non-hydrogen) atoms. The molecule has 0 bridgehead atoms. The van der Waals surface area contributed by atoms with E-state index in [2.05, 4.69) is 5.16 Å². The van der Waals surface area contributed by atoms with Crippen molar-refractivity contribution in [3.8, 4) is 0 Å². The molecule has 1 atom stereocenters. The van der Waals surface area contributed by atoms with Crippen LogP contribution >= 0.6 is 0 Å². The minimum Gasteiger partial charge on any atom is -0.480 e. The monoisotopic (exact) mass is 316 g/mol. The number of carboxylic acids is 1. The molecule has 0 saturated heterocycles. The molecular weight excluding hydrogens is 296 g/mol. The van der Waals surface area contributed by atoms with Gasteiger partial charge in [-0.15, -0.1) is 0 Å². The van der Waals surface area contributed by atoms with Crippen molar-refractivity contribution in [3.63, 3.8) is 0 Å². The van der Waals surface area contributed by atoms with Crippen molar-refractivity contribution < 1.29 is 19.2 Å². The van der Waals surface area contributed by atoms with Gasteiger partial charge in [0.2, 0.25) is 5.91 Å². The number of carbonyl (C=O) groups is 2. The first-order valence-electron chi connectivity index (χ1n) is 7.38. The van der Waals surface area contributed by atoms with Gasteiger partial charge >= 0.3 is 5.97 Å². The van der Waals surface area contributed by atoms with Gasteiger partial charge in [0.25, 0.3) is 0 Å². The highest BCUT2D eigenvalue weighted by atomic mass is 16.5. The molecule has 1 N–H and O–H groups in total. The predicted octanol–water partition coefficient (Wildman–Crippen LogP) is 2.34. The molecule has 0 radical (unpaired) electrons. The number of hydrogen-bond donors (Lipinski definition) is 1. The van der Waals surface area contributed by atoms with Crippen LogP contribution in [0.25, 0.3) is 0 Å². The van der Waals surface area contributed by atoms with E-state index in [9.17, 15) is 14.7 Å². The lowest BCUT2D eigenvalue weighted by molar-refractivity contribution is -0.149. The quantitative estimate of drug-likeness (QED) is 0.884. The van der Waals surface area contributed by atoms with Crippen LogP contribution in [-0.4, -0.2) is 33.1 Å². The molecule has 2 rings (SSSR count). The fraction of sp³-hybridized carbons (Fsp3) is 0.353. The number of aryl methyl sites for hydroxylation is 2. The Morgan fingerprint density at radius 2 is 1.91 bits per heavy atom. The molecule has 2 aromatic rings. The molecule has 0 aliphatic carbocycles. The maximum atomic E-state index is 12.7. The summed E-state index contributed by atoms with van der Waals surface area (Å²) >= 11 is 0. The number of aliphatic carboxylic acids is 1.